The number of hydrogen-bond acceptors (Lipinski definition) is 2. The maximum atomic E-state index is 13.3. The molecule has 1 N–H and O–H groups in total. The molecule has 0 heterocycles. The normalized spacial score (nSPS) is 15.1. The summed E-state index contributed by atoms with van der Waals surface area (Å²) in [7, 11) is 0. The van der Waals surface area contributed by atoms with E-state index in [9.17, 15) is 9.59 Å². The van der Waals surface area contributed by atoms with Crippen molar-refractivity contribution in [3.8, 4) is 0 Å². The third-order valence-electron chi connectivity index (χ3n) is 5.71. The predicted molar refractivity (Wildman–Crippen MR) is 119 cm³/mol. The van der Waals surface area contributed by atoms with Crippen LogP contribution in [0, 0.1) is 6.92 Å². The Morgan fingerprint density at radius 1 is 1.14 bits per heavy atom. The van der Waals surface area contributed by atoms with E-state index in [2.05, 4.69) is 21.2 Å². The van der Waals surface area contributed by atoms with Gasteiger partial charge >= 0.3 is 0 Å². The zero-order valence-electron chi connectivity index (χ0n) is 17.2. The van der Waals surface area contributed by atoms with Crippen LogP contribution in [0.3, 0.4) is 0 Å². The summed E-state index contributed by atoms with van der Waals surface area (Å²) >= 11 is 3.49. The van der Waals surface area contributed by atoms with E-state index in [1.807, 2.05) is 62.4 Å². The fraction of sp³-hybridized carbons (Fsp3) is 0.417. The van der Waals surface area contributed by atoms with Gasteiger partial charge in [0.15, 0.2) is 0 Å². The van der Waals surface area contributed by atoms with Gasteiger partial charge in [0.05, 0.1) is 6.42 Å². The van der Waals surface area contributed by atoms with Crippen LogP contribution in [-0.2, 0) is 22.6 Å². The van der Waals surface area contributed by atoms with Gasteiger partial charge in [-0.15, -0.1) is 0 Å². The molecule has 154 valence electrons. The maximum absolute atomic E-state index is 13.3. The van der Waals surface area contributed by atoms with Gasteiger partial charge in [-0.05, 0) is 55.5 Å². The number of amides is 2. The summed E-state index contributed by atoms with van der Waals surface area (Å²) in [4.78, 5) is 27.9. The standard InChI is InChI=1S/C24H29BrN2O2/c1-17-8-3-4-10-20(17)15-23(28)27(16-19-9-7-11-21(25)14-19)18(2)24(29)26-22-12-5-6-13-22/h3-4,7-11,14,18,22H,5-6,12-13,15-16H2,1-2H3,(H,26,29)/t18-/m1/s1. The van der Waals surface area contributed by atoms with E-state index in [1.54, 1.807) is 4.90 Å². The van der Waals surface area contributed by atoms with Gasteiger partial charge in [0, 0.05) is 17.1 Å². The van der Waals surface area contributed by atoms with Gasteiger partial charge in [0.2, 0.25) is 11.8 Å². The van der Waals surface area contributed by atoms with Gasteiger partial charge in [0.1, 0.15) is 6.04 Å². The Balaban J connectivity index is 1.78. The lowest BCUT2D eigenvalue weighted by Gasteiger charge is -2.30. The van der Waals surface area contributed by atoms with Crippen molar-refractivity contribution in [3.63, 3.8) is 0 Å². The topological polar surface area (TPSA) is 49.4 Å². The van der Waals surface area contributed by atoms with E-state index in [-0.39, 0.29) is 17.9 Å². The summed E-state index contributed by atoms with van der Waals surface area (Å²) < 4.78 is 0.962. The Bertz CT molecular complexity index is 861. The highest BCUT2D eigenvalue weighted by Gasteiger charge is 2.28. The fourth-order valence-corrected chi connectivity index (χ4v) is 4.33. The minimum atomic E-state index is -0.522. The average Bonchev–Trinajstić information content (AvgIpc) is 3.20. The second-order valence-electron chi connectivity index (χ2n) is 7.92. The summed E-state index contributed by atoms with van der Waals surface area (Å²) in [6.07, 6.45) is 4.67. The molecule has 4 nitrogen and oxygen atoms in total. The molecule has 1 saturated carbocycles. The first-order valence-corrected chi connectivity index (χ1v) is 11.1. The molecule has 3 rings (SSSR count). The molecule has 0 spiro atoms. The van der Waals surface area contributed by atoms with Crippen LogP contribution in [0.4, 0.5) is 0 Å². The van der Waals surface area contributed by atoms with E-state index in [1.165, 1.54) is 0 Å². The first-order chi connectivity index (χ1) is 13.9. The third-order valence-corrected chi connectivity index (χ3v) is 6.21. The monoisotopic (exact) mass is 456 g/mol. The van der Waals surface area contributed by atoms with Gasteiger partial charge in [0.25, 0.3) is 0 Å². The Labute approximate surface area is 181 Å². The van der Waals surface area contributed by atoms with Crippen molar-refractivity contribution in [1.29, 1.82) is 0 Å². The van der Waals surface area contributed by atoms with Crippen LogP contribution in [0.5, 0.6) is 0 Å². The first kappa shape index (κ1) is 21.6. The van der Waals surface area contributed by atoms with Crippen molar-refractivity contribution in [1.82, 2.24) is 10.2 Å². The van der Waals surface area contributed by atoms with Crippen molar-refractivity contribution in [2.24, 2.45) is 0 Å². The number of rotatable bonds is 7. The van der Waals surface area contributed by atoms with E-state index in [0.717, 1.165) is 46.8 Å². The van der Waals surface area contributed by atoms with Gasteiger partial charge < -0.3 is 10.2 Å². The van der Waals surface area contributed by atoms with Crippen LogP contribution in [-0.4, -0.2) is 28.8 Å². The summed E-state index contributed by atoms with van der Waals surface area (Å²) in [5.41, 5.74) is 3.09. The summed E-state index contributed by atoms with van der Waals surface area (Å²) in [6, 6.07) is 15.5. The number of halogens is 1. The van der Waals surface area contributed by atoms with Crippen molar-refractivity contribution < 1.29 is 9.59 Å². The summed E-state index contributed by atoms with van der Waals surface area (Å²) in [5.74, 6) is -0.0987. The van der Waals surface area contributed by atoms with Crippen LogP contribution in [0.15, 0.2) is 53.0 Å². The predicted octanol–water partition coefficient (Wildman–Crippen LogP) is 4.78. The van der Waals surface area contributed by atoms with Crippen molar-refractivity contribution in [2.75, 3.05) is 0 Å². The van der Waals surface area contributed by atoms with Gasteiger partial charge in [-0.1, -0.05) is 65.2 Å². The molecule has 1 fully saturated rings. The van der Waals surface area contributed by atoms with Crippen LogP contribution < -0.4 is 5.32 Å². The molecular weight excluding hydrogens is 428 g/mol. The number of benzene rings is 2. The minimum Gasteiger partial charge on any atom is -0.352 e. The molecule has 1 atom stereocenters. The molecule has 2 aromatic carbocycles. The highest BCUT2D eigenvalue weighted by molar-refractivity contribution is 9.10. The third kappa shape index (κ3) is 5.92. The van der Waals surface area contributed by atoms with Crippen molar-refractivity contribution in [2.45, 2.75) is 64.6 Å². The molecule has 0 aromatic heterocycles. The van der Waals surface area contributed by atoms with Gasteiger partial charge in [-0.3, -0.25) is 9.59 Å². The zero-order chi connectivity index (χ0) is 20.8. The SMILES string of the molecule is Cc1ccccc1CC(=O)N(Cc1cccc(Br)c1)[C@H](C)C(=O)NC1CCCC1. The quantitative estimate of drug-likeness (QED) is 0.651. The largest absolute Gasteiger partial charge is 0.352 e. The fourth-order valence-electron chi connectivity index (χ4n) is 3.88. The molecule has 2 amide bonds. The second kappa shape index (κ2) is 10.1. The minimum absolute atomic E-state index is 0.0339. The number of carbonyl (C=O) groups is 2. The molecule has 29 heavy (non-hydrogen) atoms. The number of nitrogens with zero attached hydrogens (tertiary/aromatic N) is 1. The number of hydrogen-bond donors (Lipinski definition) is 1. The van der Waals surface area contributed by atoms with E-state index >= 15 is 0 Å². The average molecular weight is 457 g/mol. The zero-order valence-corrected chi connectivity index (χ0v) is 18.7. The van der Waals surface area contributed by atoms with Crippen LogP contribution >= 0.6 is 15.9 Å². The smallest absolute Gasteiger partial charge is 0.242 e. The number of aryl methyl sites for hydroxylation is 1. The Morgan fingerprint density at radius 3 is 2.55 bits per heavy atom. The highest BCUT2D eigenvalue weighted by atomic mass is 79.9. The lowest BCUT2D eigenvalue weighted by Crippen LogP contribution is -2.50. The number of carbonyl (C=O) groups excluding carboxylic acids is 2. The molecule has 0 radical (unpaired) electrons. The molecule has 5 heteroatoms. The highest BCUT2D eigenvalue weighted by Crippen LogP contribution is 2.20. The van der Waals surface area contributed by atoms with Crippen molar-refractivity contribution >= 4 is 27.7 Å². The molecule has 0 unspecified atom stereocenters. The Kier molecular flexibility index (Phi) is 7.48. The lowest BCUT2D eigenvalue weighted by atomic mass is 10.0. The van der Waals surface area contributed by atoms with Crippen molar-refractivity contribution in [3.05, 3.63) is 69.7 Å². The number of nitrogens with one attached hydrogen (secondary N) is 1. The Morgan fingerprint density at radius 2 is 1.86 bits per heavy atom. The molecule has 0 bridgehead atoms. The Hall–Kier alpha value is -2.14. The molecule has 2 aromatic rings. The molecule has 0 aliphatic heterocycles. The van der Waals surface area contributed by atoms with Crippen LogP contribution in [0.2, 0.25) is 0 Å². The summed E-state index contributed by atoms with van der Waals surface area (Å²) in [5, 5.41) is 3.14. The molecule has 0 saturated heterocycles. The van der Waals surface area contributed by atoms with E-state index in [4.69, 9.17) is 0 Å². The van der Waals surface area contributed by atoms with Gasteiger partial charge in [-0.25, -0.2) is 0 Å². The van der Waals surface area contributed by atoms with E-state index < -0.39 is 6.04 Å². The molecule has 1 aliphatic rings. The van der Waals surface area contributed by atoms with Crippen LogP contribution in [0.25, 0.3) is 0 Å². The van der Waals surface area contributed by atoms with Gasteiger partial charge in [-0.2, -0.15) is 0 Å². The van der Waals surface area contributed by atoms with E-state index in [0.29, 0.717) is 13.0 Å². The second-order valence-corrected chi connectivity index (χ2v) is 8.84. The summed E-state index contributed by atoms with van der Waals surface area (Å²) in [6.45, 7) is 4.25. The lowest BCUT2D eigenvalue weighted by molar-refractivity contribution is -0.140. The maximum Gasteiger partial charge on any atom is 0.242 e. The molecular formula is C24H29BrN2O2. The first-order valence-electron chi connectivity index (χ1n) is 10.3. The van der Waals surface area contributed by atoms with Crippen LogP contribution in [0.1, 0.15) is 49.3 Å². The molecule has 1 aliphatic carbocycles.